The van der Waals surface area contributed by atoms with Crippen molar-refractivity contribution in [3.05, 3.63) is 64.7 Å². The zero-order valence-corrected chi connectivity index (χ0v) is 21.4. The predicted molar refractivity (Wildman–Crippen MR) is 135 cm³/mol. The maximum atomic E-state index is 14.0. The van der Waals surface area contributed by atoms with Gasteiger partial charge in [0.2, 0.25) is 0 Å². The van der Waals surface area contributed by atoms with Gasteiger partial charge in [0.05, 0.1) is 11.5 Å². The zero-order valence-electron chi connectivity index (χ0n) is 21.4. The molecule has 2 aromatic rings. The molecule has 0 radical (unpaired) electrons. The van der Waals surface area contributed by atoms with Gasteiger partial charge in [-0.1, -0.05) is 30.3 Å². The molecule has 9 heteroatoms. The lowest BCUT2D eigenvalue weighted by atomic mass is 9.86. The molecule has 2 N–H and O–H groups in total. The van der Waals surface area contributed by atoms with E-state index in [9.17, 15) is 18.8 Å². The maximum absolute atomic E-state index is 14.0. The smallest absolute Gasteiger partial charge is 0.410 e. The fourth-order valence-corrected chi connectivity index (χ4v) is 5.49. The molecule has 2 aromatic carbocycles. The van der Waals surface area contributed by atoms with Crippen LogP contribution in [-0.4, -0.2) is 67.4 Å². The van der Waals surface area contributed by atoms with Crippen LogP contribution in [0.3, 0.4) is 0 Å². The topological polar surface area (TPSA) is 97.0 Å². The average Bonchev–Trinajstić information content (AvgIpc) is 3.21. The van der Waals surface area contributed by atoms with Gasteiger partial charge in [0.1, 0.15) is 24.1 Å². The molecule has 1 unspecified atom stereocenters. The standard InChI is InChI=1S/C28H32FN3O5/c1-28(2,3)37-27(35)32-13-19-20(14-32)23(19)31-25(33)16-10-17-22(15-8-6-5-7-9-15)21(12-29)36-24(17)18(11-16)26(34)30-4/h5-11,19-23H,12-14H2,1-4H3,(H,30,34)(H,31,33)/t19-,20+,21-,22+,23?/m1/s1. The molecule has 8 nitrogen and oxygen atoms in total. The van der Waals surface area contributed by atoms with Crippen molar-refractivity contribution in [1.82, 2.24) is 15.5 Å². The minimum atomic E-state index is -0.791. The highest BCUT2D eigenvalue weighted by Crippen LogP contribution is 2.47. The summed E-state index contributed by atoms with van der Waals surface area (Å²) < 4.78 is 25.4. The van der Waals surface area contributed by atoms with E-state index in [1.54, 1.807) is 11.0 Å². The zero-order chi connectivity index (χ0) is 26.5. The molecule has 3 aliphatic rings. The molecule has 196 valence electrons. The second kappa shape index (κ2) is 9.36. The highest BCUT2D eigenvalue weighted by atomic mass is 19.1. The Balaban J connectivity index is 1.36. The Morgan fingerprint density at radius 3 is 2.35 bits per heavy atom. The second-order valence-corrected chi connectivity index (χ2v) is 10.9. The number of rotatable bonds is 5. The van der Waals surface area contributed by atoms with E-state index in [2.05, 4.69) is 10.6 Å². The van der Waals surface area contributed by atoms with E-state index < -0.39 is 30.2 Å². The van der Waals surface area contributed by atoms with E-state index in [1.165, 1.54) is 13.1 Å². The van der Waals surface area contributed by atoms with Crippen molar-refractivity contribution in [2.24, 2.45) is 11.8 Å². The number of hydrogen-bond donors (Lipinski definition) is 2. The summed E-state index contributed by atoms with van der Waals surface area (Å²) in [6.45, 7) is 5.82. The number of nitrogens with zero attached hydrogens (tertiary/aromatic N) is 1. The van der Waals surface area contributed by atoms with Gasteiger partial charge in [-0.25, -0.2) is 9.18 Å². The Hall–Kier alpha value is -3.62. The quantitative estimate of drug-likeness (QED) is 0.643. The number of fused-ring (bicyclic) bond motifs is 2. The number of amides is 3. The van der Waals surface area contributed by atoms with Crippen LogP contribution < -0.4 is 15.4 Å². The number of likely N-dealkylation sites (tertiary alicyclic amines) is 1. The largest absolute Gasteiger partial charge is 0.486 e. The lowest BCUT2D eigenvalue weighted by molar-refractivity contribution is 0.0269. The summed E-state index contributed by atoms with van der Waals surface area (Å²) in [5, 5.41) is 5.66. The Labute approximate surface area is 215 Å². The molecule has 2 fully saturated rings. The molecule has 2 aliphatic heterocycles. The average molecular weight is 510 g/mol. The predicted octanol–water partition coefficient (Wildman–Crippen LogP) is 3.50. The third-order valence-corrected chi connectivity index (χ3v) is 7.28. The highest BCUT2D eigenvalue weighted by Gasteiger charge is 2.58. The third kappa shape index (κ3) is 4.74. The van der Waals surface area contributed by atoms with Crippen LogP contribution >= 0.6 is 0 Å². The van der Waals surface area contributed by atoms with Gasteiger partial charge in [-0.05, 0) is 38.5 Å². The molecule has 3 amide bonds. The van der Waals surface area contributed by atoms with Crippen LogP contribution in [0.15, 0.2) is 42.5 Å². The number of hydrogen-bond acceptors (Lipinski definition) is 5. The van der Waals surface area contributed by atoms with E-state index in [0.717, 1.165) is 5.56 Å². The summed E-state index contributed by atoms with van der Waals surface area (Å²) in [5.41, 5.74) is 1.43. The first-order chi connectivity index (χ1) is 17.6. The summed E-state index contributed by atoms with van der Waals surface area (Å²) >= 11 is 0. The van der Waals surface area contributed by atoms with Crippen molar-refractivity contribution in [2.45, 2.75) is 44.4 Å². The van der Waals surface area contributed by atoms with Crippen LogP contribution in [0.4, 0.5) is 9.18 Å². The van der Waals surface area contributed by atoms with Crippen molar-refractivity contribution < 1.29 is 28.2 Å². The molecule has 1 saturated heterocycles. The molecular weight excluding hydrogens is 477 g/mol. The number of piperidine rings is 1. The van der Waals surface area contributed by atoms with Crippen LogP contribution in [0.2, 0.25) is 0 Å². The van der Waals surface area contributed by atoms with Gasteiger partial charge >= 0.3 is 6.09 Å². The highest BCUT2D eigenvalue weighted by molar-refractivity contribution is 6.02. The molecule has 5 atom stereocenters. The van der Waals surface area contributed by atoms with E-state index in [-0.39, 0.29) is 35.4 Å². The Morgan fingerprint density at radius 2 is 1.76 bits per heavy atom. The number of benzene rings is 2. The number of nitrogens with one attached hydrogen (secondary N) is 2. The van der Waals surface area contributed by atoms with Crippen molar-refractivity contribution in [3.8, 4) is 5.75 Å². The van der Waals surface area contributed by atoms with Crippen molar-refractivity contribution in [2.75, 3.05) is 26.8 Å². The molecule has 1 saturated carbocycles. The fraction of sp³-hybridized carbons (Fsp3) is 0.464. The number of halogens is 1. The van der Waals surface area contributed by atoms with E-state index in [4.69, 9.17) is 9.47 Å². The van der Waals surface area contributed by atoms with Crippen molar-refractivity contribution >= 4 is 17.9 Å². The molecule has 0 spiro atoms. The SMILES string of the molecule is CNC(=O)c1cc(C(=O)NC2[C@H]3CN(C(=O)OC(C)(C)C)C[C@@H]23)cc2c1O[C@H](CF)[C@H]2c1ccccc1. The summed E-state index contributed by atoms with van der Waals surface area (Å²) in [6, 6.07) is 12.5. The second-order valence-electron chi connectivity index (χ2n) is 10.9. The van der Waals surface area contributed by atoms with Crippen LogP contribution in [0.1, 0.15) is 58.5 Å². The van der Waals surface area contributed by atoms with Gasteiger partial charge in [-0.2, -0.15) is 0 Å². The van der Waals surface area contributed by atoms with Gasteiger partial charge in [0, 0.05) is 49.1 Å². The summed E-state index contributed by atoms with van der Waals surface area (Å²) in [7, 11) is 1.50. The van der Waals surface area contributed by atoms with Gasteiger partial charge in [-0.3, -0.25) is 9.59 Å². The summed E-state index contributed by atoms with van der Waals surface area (Å²) in [5.74, 6) is -0.523. The van der Waals surface area contributed by atoms with Crippen LogP contribution in [0.5, 0.6) is 5.75 Å². The van der Waals surface area contributed by atoms with Crippen molar-refractivity contribution in [1.29, 1.82) is 0 Å². The molecular formula is C28H32FN3O5. The number of ether oxygens (including phenoxy) is 2. The Bertz CT molecular complexity index is 1220. The Morgan fingerprint density at radius 1 is 1.08 bits per heavy atom. The number of carbonyl (C=O) groups excluding carboxylic acids is 3. The van der Waals surface area contributed by atoms with Crippen LogP contribution in [0.25, 0.3) is 0 Å². The van der Waals surface area contributed by atoms with Gasteiger partial charge in [0.15, 0.2) is 0 Å². The minimum Gasteiger partial charge on any atom is -0.486 e. The van der Waals surface area contributed by atoms with Crippen LogP contribution in [-0.2, 0) is 4.74 Å². The fourth-order valence-electron chi connectivity index (χ4n) is 5.49. The van der Waals surface area contributed by atoms with Gasteiger partial charge in [0.25, 0.3) is 11.8 Å². The lowest BCUT2D eigenvalue weighted by Crippen LogP contribution is -2.40. The maximum Gasteiger partial charge on any atom is 0.410 e. The first-order valence-corrected chi connectivity index (χ1v) is 12.6. The number of alkyl halides is 1. The Kier molecular flexibility index (Phi) is 6.33. The first kappa shape index (κ1) is 25.0. The van der Waals surface area contributed by atoms with Gasteiger partial charge in [-0.15, -0.1) is 0 Å². The van der Waals surface area contributed by atoms with E-state index in [0.29, 0.717) is 30.0 Å². The number of carbonyl (C=O) groups is 3. The van der Waals surface area contributed by atoms with Crippen LogP contribution in [0, 0.1) is 11.8 Å². The molecule has 0 aromatic heterocycles. The van der Waals surface area contributed by atoms with Gasteiger partial charge < -0.3 is 25.0 Å². The third-order valence-electron chi connectivity index (χ3n) is 7.28. The van der Waals surface area contributed by atoms with E-state index >= 15 is 0 Å². The summed E-state index contributed by atoms with van der Waals surface area (Å²) in [4.78, 5) is 40.1. The first-order valence-electron chi connectivity index (χ1n) is 12.6. The molecule has 5 rings (SSSR count). The lowest BCUT2D eigenvalue weighted by Gasteiger charge is -2.26. The van der Waals surface area contributed by atoms with Crippen molar-refractivity contribution in [3.63, 3.8) is 0 Å². The normalized spacial score (nSPS) is 25.5. The summed E-state index contributed by atoms with van der Waals surface area (Å²) in [6.07, 6.45) is -1.13. The van der Waals surface area contributed by atoms with E-state index in [1.807, 2.05) is 51.1 Å². The monoisotopic (exact) mass is 509 g/mol. The molecule has 37 heavy (non-hydrogen) atoms. The molecule has 1 aliphatic carbocycles. The minimum absolute atomic E-state index is 0.0531. The molecule has 0 bridgehead atoms. The molecule has 2 heterocycles.